The minimum absolute atomic E-state index is 0.0511. The molecule has 3 rings (SSSR count). The van der Waals surface area contributed by atoms with Crippen molar-refractivity contribution in [3.63, 3.8) is 0 Å². The Bertz CT molecular complexity index is 1190. The zero-order valence-corrected chi connectivity index (χ0v) is 18.9. The van der Waals surface area contributed by atoms with E-state index in [-0.39, 0.29) is 46.7 Å². The van der Waals surface area contributed by atoms with Crippen molar-refractivity contribution in [1.82, 2.24) is 14.6 Å². The van der Waals surface area contributed by atoms with E-state index >= 15 is 0 Å². The lowest BCUT2D eigenvalue weighted by Crippen LogP contribution is -2.56. The number of carboxylic acid groups (broad SMARTS) is 1. The van der Waals surface area contributed by atoms with E-state index in [2.05, 4.69) is 4.98 Å². The highest BCUT2D eigenvalue weighted by Gasteiger charge is 2.32. The molecule has 0 spiro atoms. The van der Waals surface area contributed by atoms with Gasteiger partial charge >= 0.3 is 12.0 Å². The number of rotatable bonds is 4. The Labute approximate surface area is 187 Å². The summed E-state index contributed by atoms with van der Waals surface area (Å²) < 4.78 is 27.0. The van der Waals surface area contributed by atoms with Crippen LogP contribution in [0.4, 0.5) is 10.6 Å². The van der Waals surface area contributed by atoms with Crippen LogP contribution < -0.4 is 9.62 Å². The molecule has 2 N–H and O–H groups in total. The highest BCUT2D eigenvalue weighted by molar-refractivity contribution is 7.92. The van der Waals surface area contributed by atoms with Gasteiger partial charge in [-0.1, -0.05) is 11.6 Å². The van der Waals surface area contributed by atoms with Crippen molar-refractivity contribution in [2.45, 2.75) is 24.1 Å². The molecule has 0 aliphatic carbocycles. The largest absolute Gasteiger partial charge is 0.478 e. The zero-order valence-electron chi connectivity index (χ0n) is 16.5. The summed E-state index contributed by atoms with van der Waals surface area (Å²) in [5.74, 6) is -0.839. The first-order valence-electron chi connectivity index (χ1n) is 9.02. The molecule has 1 unspecified atom stereocenters. The van der Waals surface area contributed by atoms with Crippen LogP contribution in [0, 0.1) is 18.3 Å². The number of thiophene rings is 1. The van der Waals surface area contributed by atoms with Crippen molar-refractivity contribution >= 4 is 50.8 Å². The molecule has 1 saturated heterocycles. The minimum atomic E-state index is -4.03. The van der Waals surface area contributed by atoms with Gasteiger partial charge in [0.15, 0.2) is 0 Å². The number of anilines is 1. The molecule has 13 heteroatoms. The van der Waals surface area contributed by atoms with Crippen LogP contribution >= 0.6 is 22.9 Å². The van der Waals surface area contributed by atoms with Gasteiger partial charge in [0.2, 0.25) is 0 Å². The third kappa shape index (κ3) is 4.73. The summed E-state index contributed by atoms with van der Waals surface area (Å²) in [5.41, 5.74) is 0.337. The second kappa shape index (κ2) is 8.70. The molecule has 0 saturated carbocycles. The van der Waals surface area contributed by atoms with Crippen molar-refractivity contribution in [3.05, 3.63) is 39.4 Å². The van der Waals surface area contributed by atoms with E-state index in [4.69, 9.17) is 11.6 Å². The second-order valence-electron chi connectivity index (χ2n) is 6.87. The summed E-state index contributed by atoms with van der Waals surface area (Å²) in [4.78, 5) is 31.3. The number of aryl methyl sites for hydroxylation is 1. The number of carbonyl (C=O) groups excluding carboxylic acids is 1. The third-order valence-corrected chi connectivity index (χ3v) is 7.81. The molecule has 1 fully saturated rings. The molecule has 0 bridgehead atoms. The Morgan fingerprint density at radius 1 is 1.39 bits per heavy atom. The van der Waals surface area contributed by atoms with Gasteiger partial charge in [-0.05, 0) is 32.0 Å². The SMILES string of the molecule is Cc1nc(N2CCN(C(=O)NS(=O)(=O)c3ccc(Cl)s3)CC2C)c(C#N)cc1C(=O)O. The van der Waals surface area contributed by atoms with Gasteiger partial charge in [-0.15, -0.1) is 11.3 Å². The van der Waals surface area contributed by atoms with Crippen LogP contribution in [-0.4, -0.2) is 61.1 Å². The number of aromatic nitrogens is 1. The van der Waals surface area contributed by atoms with E-state index in [1.54, 1.807) is 18.7 Å². The fourth-order valence-electron chi connectivity index (χ4n) is 3.24. The van der Waals surface area contributed by atoms with Crippen molar-refractivity contribution in [2.75, 3.05) is 24.5 Å². The maximum Gasteiger partial charge on any atom is 0.337 e. The maximum atomic E-state index is 12.5. The first-order chi connectivity index (χ1) is 14.5. The summed E-state index contributed by atoms with van der Waals surface area (Å²) in [7, 11) is -4.03. The lowest BCUT2D eigenvalue weighted by atomic mass is 10.1. The van der Waals surface area contributed by atoms with Crippen molar-refractivity contribution in [1.29, 1.82) is 5.26 Å². The number of nitrogens with zero attached hydrogens (tertiary/aromatic N) is 4. The number of aromatic carboxylic acids is 1. The summed E-state index contributed by atoms with van der Waals surface area (Å²) in [6, 6.07) is 4.95. The van der Waals surface area contributed by atoms with E-state index < -0.39 is 22.0 Å². The second-order valence-corrected chi connectivity index (χ2v) is 10.5. The lowest BCUT2D eigenvalue weighted by Gasteiger charge is -2.40. The summed E-state index contributed by atoms with van der Waals surface area (Å²) in [6.45, 7) is 4.00. The van der Waals surface area contributed by atoms with Gasteiger partial charge in [0.1, 0.15) is 16.1 Å². The van der Waals surface area contributed by atoms with Crippen LogP contribution in [0.15, 0.2) is 22.4 Å². The highest BCUT2D eigenvalue weighted by Crippen LogP contribution is 2.27. The number of nitrogens with one attached hydrogen (secondary N) is 1. The van der Waals surface area contributed by atoms with Gasteiger partial charge in [-0.2, -0.15) is 5.26 Å². The Balaban J connectivity index is 1.75. The fourth-order valence-corrected chi connectivity index (χ4v) is 5.69. The lowest BCUT2D eigenvalue weighted by molar-refractivity contribution is 0.0695. The standard InChI is InChI=1S/C18H18ClN5O5S2/c1-10-9-23(18(27)22-31(28,29)15-4-3-14(19)30-15)5-6-24(10)16-12(8-20)7-13(17(25)26)11(2)21-16/h3-4,7,10H,5-6,9H2,1-2H3,(H,22,27)(H,25,26). The molecule has 0 aromatic carbocycles. The maximum absolute atomic E-state index is 12.5. The number of piperazine rings is 1. The normalized spacial score (nSPS) is 16.6. The Kier molecular flexibility index (Phi) is 6.40. The predicted molar refractivity (Wildman–Crippen MR) is 114 cm³/mol. The number of urea groups is 1. The number of hydrogen-bond donors (Lipinski definition) is 2. The smallest absolute Gasteiger partial charge is 0.337 e. The number of pyridine rings is 1. The number of halogens is 1. The van der Waals surface area contributed by atoms with E-state index in [0.29, 0.717) is 10.2 Å². The number of amides is 2. The van der Waals surface area contributed by atoms with Crippen LogP contribution in [0.2, 0.25) is 4.34 Å². The van der Waals surface area contributed by atoms with Crippen molar-refractivity contribution in [3.8, 4) is 6.07 Å². The quantitative estimate of drug-likeness (QED) is 0.673. The average molecular weight is 484 g/mol. The number of sulfonamides is 1. The summed E-state index contributed by atoms with van der Waals surface area (Å²) >= 11 is 6.62. The minimum Gasteiger partial charge on any atom is -0.478 e. The molecule has 10 nitrogen and oxygen atoms in total. The topological polar surface area (TPSA) is 144 Å². The zero-order chi connectivity index (χ0) is 22.9. The third-order valence-electron chi connectivity index (χ3n) is 4.77. The summed E-state index contributed by atoms with van der Waals surface area (Å²) in [5, 5.41) is 18.7. The summed E-state index contributed by atoms with van der Waals surface area (Å²) in [6.07, 6.45) is 0. The van der Waals surface area contributed by atoms with E-state index in [1.165, 1.54) is 23.1 Å². The number of carbonyl (C=O) groups is 2. The number of carboxylic acids is 1. The average Bonchev–Trinajstić information content (AvgIpc) is 3.14. The van der Waals surface area contributed by atoms with Crippen LogP contribution in [0.3, 0.4) is 0 Å². The number of nitriles is 1. The van der Waals surface area contributed by atoms with Gasteiger partial charge in [0.25, 0.3) is 10.0 Å². The van der Waals surface area contributed by atoms with Gasteiger partial charge in [0.05, 0.1) is 21.2 Å². The monoisotopic (exact) mass is 483 g/mol. The Morgan fingerprint density at radius 2 is 2.10 bits per heavy atom. The van der Waals surface area contributed by atoms with Crippen molar-refractivity contribution < 1.29 is 23.1 Å². The van der Waals surface area contributed by atoms with Gasteiger partial charge < -0.3 is 14.9 Å². The fraction of sp³-hybridized carbons (Fsp3) is 0.333. The molecule has 164 valence electrons. The van der Waals surface area contributed by atoms with E-state index in [9.17, 15) is 28.4 Å². The van der Waals surface area contributed by atoms with Gasteiger partial charge in [0, 0.05) is 25.7 Å². The molecule has 1 atom stereocenters. The molecule has 1 aliphatic rings. The van der Waals surface area contributed by atoms with Crippen molar-refractivity contribution in [2.24, 2.45) is 0 Å². The molecule has 2 aromatic heterocycles. The molecule has 3 heterocycles. The predicted octanol–water partition coefficient (Wildman–Crippen LogP) is 2.28. The molecule has 1 aliphatic heterocycles. The highest BCUT2D eigenvalue weighted by atomic mass is 35.5. The number of hydrogen-bond acceptors (Lipinski definition) is 8. The van der Waals surface area contributed by atoms with Gasteiger partial charge in [-0.25, -0.2) is 27.7 Å². The molecular weight excluding hydrogens is 466 g/mol. The molecular formula is C18H18ClN5O5S2. The first-order valence-corrected chi connectivity index (χ1v) is 11.7. The Morgan fingerprint density at radius 3 is 2.65 bits per heavy atom. The molecule has 0 radical (unpaired) electrons. The van der Waals surface area contributed by atoms with Crippen LogP contribution in [0.1, 0.15) is 28.5 Å². The van der Waals surface area contributed by atoms with Crippen LogP contribution in [0.25, 0.3) is 0 Å². The molecule has 2 amide bonds. The van der Waals surface area contributed by atoms with Gasteiger partial charge in [-0.3, -0.25) is 0 Å². The van der Waals surface area contributed by atoms with E-state index in [0.717, 1.165) is 11.3 Å². The first kappa shape index (κ1) is 22.8. The Hall–Kier alpha value is -2.88. The van der Waals surface area contributed by atoms with Crippen LogP contribution in [-0.2, 0) is 10.0 Å². The van der Waals surface area contributed by atoms with E-state index in [1.807, 2.05) is 10.8 Å². The molecule has 2 aromatic rings. The van der Waals surface area contributed by atoms with Crippen LogP contribution in [0.5, 0.6) is 0 Å². The molecule has 31 heavy (non-hydrogen) atoms.